The summed E-state index contributed by atoms with van der Waals surface area (Å²) >= 11 is 0. The molecule has 6 N–H and O–H groups in total. The van der Waals surface area contributed by atoms with Gasteiger partial charge >= 0.3 is 6.09 Å². The topological polar surface area (TPSA) is 123 Å². The lowest BCUT2D eigenvalue weighted by molar-refractivity contribution is 0.0483. The number of anilines is 1. The number of nitrogens with two attached hydrogens (primary N) is 2. The number of nitrogens with zero attached hydrogens (tertiary/aromatic N) is 1. The molecule has 0 bridgehead atoms. The number of rotatable bonds is 6. The Hall–Kier alpha value is -2.74. The van der Waals surface area contributed by atoms with E-state index in [2.05, 4.69) is 17.8 Å². The van der Waals surface area contributed by atoms with Gasteiger partial charge in [0, 0.05) is 17.5 Å². The molecule has 0 aromatic heterocycles. The average molecular weight is 363 g/mol. The molecule has 0 heterocycles. The zero-order valence-corrected chi connectivity index (χ0v) is 15.8. The third-order valence-electron chi connectivity index (χ3n) is 3.23. The predicted molar refractivity (Wildman–Crippen MR) is 102 cm³/mol. The molecule has 0 radical (unpaired) electrons. The van der Waals surface area contributed by atoms with Crippen molar-refractivity contribution in [3.63, 3.8) is 0 Å². The molecular weight excluding hydrogens is 334 g/mol. The highest BCUT2D eigenvalue weighted by molar-refractivity contribution is 5.95. The lowest BCUT2D eigenvalue weighted by Crippen LogP contribution is -2.44. The van der Waals surface area contributed by atoms with E-state index in [0.717, 1.165) is 19.3 Å². The minimum absolute atomic E-state index is 0.362. The van der Waals surface area contributed by atoms with E-state index >= 15 is 0 Å². The van der Waals surface area contributed by atoms with E-state index in [1.54, 1.807) is 51.2 Å². The largest absolute Gasteiger partial charge is 0.443 e. The lowest BCUT2D eigenvalue weighted by atomic mass is 10.2. The molecule has 8 heteroatoms. The van der Waals surface area contributed by atoms with E-state index in [-0.39, 0.29) is 0 Å². The smallest absolute Gasteiger partial charge is 0.426 e. The van der Waals surface area contributed by atoms with Gasteiger partial charge in [0.15, 0.2) is 0 Å². The first-order valence-electron chi connectivity index (χ1n) is 8.52. The normalized spacial score (nSPS) is 11.7. The van der Waals surface area contributed by atoms with Crippen LogP contribution < -0.4 is 27.4 Å². The minimum atomic E-state index is -0.733. The van der Waals surface area contributed by atoms with E-state index in [0.29, 0.717) is 16.9 Å². The summed E-state index contributed by atoms with van der Waals surface area (Å²) in [7, 11) is 0. The van der Waals surface area contributed by atoms with Crippen molar-refractivity contribution in [2.45, 2.75) is 52.6 Å². The van der Waals surface area contributed by atoms with Gasteiger partial charge < -0.3 is 10.5 Å². The number of amides is 2. The van der Waals surface area contributed by atoms with Gasteiger partial charge in [-0.25, -0.2) is 16.1 Å². The summed E-state index contributed by atoms with van der Waals surface area (Å²) in [5.41, 5.74) is 11.5. The van der Waals surface area contributed by atoms with Crippen LogP contribution in [0.25, 0.3) is 0 Å². The summed E-state index contributed by atoms with van der Waals surface area (Å²) in [6.07, 6.45) is 3.76. The number of hydrazine groups is 2. The van der Waals surface area contributed by atoms with Gasteiger partial charge in [0.25, 0.3) is 5.91 Å². The van der Waals surface area contributed by atoms with Crippen molar-refractivity contribution in [2.75, 3.05) is 5.01 Å². The summed E-state index contributed by atoms with van der Waals surface area (Å²) in [5, 5.41) is 1.41. The first-order chi connectivity index (χ1) is 12.1. The van der Waals surface area contributed by atoms with E-state index in [4.69, 9.17) is 16.3 Å². The van der Waals surface area contributed by atoms with Crippen LogP contribution in [0.2, 0.25) is 0 Å². The van der Waals surface area contributed by atoms with Crippen LogP contribution in [0.1, 0.15) is 57.3 Å². The Morgan fingerprint density at radius 2 is 1.81 bits per heavy atom. The number of carbonyl (C=O) groups excluding carboxylic acids is 2. The Labute approximate surface area is 154 Å². The van der Waals surface area contributed by atoms with Crippen molar-refractivity contribution >= 4 is 17.7 Å². The number of carbonyl (C=O) groups is 2. The molecule has 0 unspecified atom stereocenters. The Bertz CT molecular complexity index is 635. The number of hydrogen-bond donors (Lipinski definition) is 4. The fourth-order valence-corrected chi connectivity index (χ4v) is 1.97. The number of allylic oxidation sites excluding steroid dienone is 1. The van der Waals surface area contributed by atoms with Crippen LogP contribution >= 0.6 is 0 Å². The molecule has 1 aromatic carbocycles. The second-order valence-electron chi connectivity index (χ2n) is 6.84. The fraction of sp³-hybridized carbons (Fsp3) is 0.444. The SMILES string of the molecule is CCCC/C(N)=C/N(N)c1ccc(C(=O)NNC(=O)OC(C)(C)C)cc1. The van der Waals surface area contributed by atoms with Crippen LogP contribution in [-0.2, 0) is 4.74 Å². The molecule has 0 fully saturated rings. The monoisotopic (exact) mass is 363 g/mol. The molecular formula is C18H29N5O3. The predicted octanol–water partition coefficient (Wildman–Crippen LogP) is 2.53. The second-order valence-corrected chi connectivity index (χ2v) is 6.84. The van der Waals surface area contributed by atoms with Crippen molar-refractivity contribution < 1.29 is 14.3 Å². The number of hydrogen-bond acceptors (Lipinski definition) is 6. The summed E-state index contributed by atoms with van der Waals surface area (Å²) in [6, 6.07) is 6.56. The molecule has 0 aliphatic carbocycles. The molecule has 1 rings (SSSR count). The lowest BCUT2D eigenvalue weighted by Gasteiger charge is -2.19. The van der Waals surface area contributed by atoms with Crippen molar-refractivity contribution in [2.24, 2.45) is 11.6 Å². The maximum Gasteiger partial charge on any atom is 0.426 e. The number of nitrogens with one attached hydrogen (secondary N) is 2. The second kappa shape index (κ2) is 9.67. The average Bonchev–Trinajstić information content (AvgIpc) is 2.56. The van der Waals surface area contributed by atoms with E-state index < -0.39 is 17.6 Å². The van der Waals surface area contributed by atoms with Gasteiger partial charge in [-0.15, -0.1) is 0 Å². The first kappa shape index (κ1) is 21.3. The van der Waals surface area contributed by atoms with Gasteiger partial charge in [0.1, 0.15) is 5.60 Å². The first-order valence-corrected chi connectivity index (χ1v) is 8.52. The van der Waals surface area contributed by atoms with Crippen molar-refractivity contribution in [3.05, 3.63) is 41.7 Å². The Kier molecular flexibility index (Phi) is 7.92. The standard InChI is InChI=1S/C18H29N5O3/c1-5-6-7-14(19)12-23(20)15-10-8-13(9-11-15)16(24)21-22-17(25)26-18(2,3)4/h8-12H,5-7,19-20H2,1-4H3,(H,21,24)(H,22,25)/b14-12-. The van der Waals surface area contributed by atoms with Crippen LogP contribution in [0.5, 0.6) is 0 Å². The summed E-state index contributed by atoms with van der Waals surface area (Å²) in [4.78, 5) is 23.6. The molecule has 0 saturated carbocycles. The van der Waals surface area contributed by atoms with Gasteiger partial charge in [-0.1, -0.05) is 13.3 Å². The number of benzene rings is 1. The molecule has 8 nitrogen and oxygen atoms in total. The third-order valence-corrected chi connectivity index (χ3v) is 3.23. The molecule has 0 saturated heterocycles. The Morgan fingerprint density at radius 3 is 2.35 bits per heavy atom. The highest BCUT2D eigenvalue weighted by Gasteiger charge is 2.16. The highest BCUT2D eigenvalue weighted by Crippen LogP contribution is 2.14. The summed E-state index contributed by atoms with van der Waals surface area (Å²) in [6.45, 7) is 7.29. The fourth-order valence-electron chi connectivity index (χ4n) is 1.97. The van der Waals surface area contributed by atoms with Gasteiger partial charge in [-0.05, 0) is 57.9 Å². The van der Waals surface area contributed by atoms with Gasteiger partial charge in [0.05, 0.1) is 5.69 Å². The zero-order valence-electron chi connectivity index (χ0n) is 15.8. The maximum absolute atomic E-state index is 12.0. The van der Waals surface area contributed by atoms with Crippen molar-refractivity contribution in [3.8, 4) is 0 Å². The van der Waals surface area contributed by atoms with Crippen LogP contribution in [0.3, 0.4) is 0 Å². The number of unbranched alkanes of at least 4 members (excludes halogenated alkanes) is 1. The Morgan fingerprint density at radius 1 is 1.19 bits per heavy atom. The van der Waals surface area contributed by atoms with Gasteiger partial charge in [-0.3, -0.25) is 15.2 Å². The summed E-state index contributed by atoms with van der Waals surface area (Å²) < 4.78 is 5.03. The third kappa shape index (κ3) is 7.89. The van der Waals surface area contributed by atoms with Crippen LogP contribution in [0.4, 0.5) is 10.5 Å². The maximum atomic E-state index is 12.0. The molecule has 0 spiro atoms. The van der Waals surface area contributed by atoms with Gasteiger partial charge in [0.2, 0.25) is 0 Å². The van der Waals surface area contributed by atoms with Crippen molar-refractivity contribution in [1.29, 1.82) is 0 Å². The molecule has 1 aromatic rings. The van der Waals surface area contributed by atoms with E-state index in [9.17, 15) is 9.59 Å². The molecule has 0 aliphatic heterocycles. The molecule has 2 amide bonds. The van der Waals surface area contributed by atoms with Crippen LogP contribution in [0.15, 0.2) is 36.2 Å². The molecule has 0 atom stereocenters. The molecule has 144 valence electrons. The molecule has 26 heavy (non-hydrogen) atoms. The van der Waals surface area contributed by atoms with Crippen molar-refractivity contribution in [1.82, 2.24) is 10.9 Å². The minimum Gasteiger partial charge on any atom is -0.443 e. The zero-order chi connectivity index (χ0) is 19.7. The molecule has 0 aliphatic rings. The van der Waals surface area contributed by atoms with Crippen LogP contribution in [0, 0.1) is 0 Å². The van der Waals surface area contributed by atoms with E-state index in [1.807, 2.05) is 0 Å². The van der Waals surface area contributed by atoms with Crippen LogP contribution in [-0.4, -0.2) is 17.6 Å². The quantitative estimate of drug-likeness (QED) is 0.455. The van der Waals surface area contributed by atoms with E-state index in [1.165, 1.54) is 5.01 Å². The summed E-state index contributed by atoms with van der Waals surface area (Å²) in [5.74, 6) is 5.49. The Balaban J connectivity index is 2.60. The highest BCUT2D eigenvalue weighted by atomic mass is 16.6. The van der Waals surface area contributed by atoms with Gasteiger partial charge in [-0.2, -0.15) is 0 Å². The number of ether oxygens (including phenoxy) is 1.